The van der Waals surface area contributed by atoms with Gasteiger partial charge in [0.25, 0.3) is 0 Å². The van der Waals surface area contributed by atoms with Gasteiger partial charge in [-0.05, 0) is 101 Å². The summed E-state index contributed by atoms with van der Waals surface area (Å²) in [5.74, 6) is -0.625. The number of rotatable bonds is 39. The standard InChI is InChI=1S/C56H82N8O17/c1-39-14-19-57-44(35-39)45-36-41(15-20-58-45)47(66)13-12-43-37-64(63-62-43)46(53(71)61-42-10-8-40(9-11-42)16-23-79-54-52(70)51(69)50(68)48(38-65)80-54)7-5-6-18-59-49(67)17-22-73-25-27-75-29-31-77-33-34-78-32-30-76-28-26-74-24-21-60-55(72)81-56(2,3)4/h8-11,14-15,19-20,35-37,46,48,50-52,54,65,68-70H,5-7,12-13,16-18,21-34,38H2,1-4H3,(H,59,67)(H,60,72)(H,61,71)/t46-,48+,50+,51-,52+,54+/m0/s1. The molecule has 448 valence electrons. The maximum absolute atomic E-state index is 14.0. The summed E-state index contributed by atoms with van der Waals surface area (Å²) in [6.45, 7) is 12.1. The molecule has 0 radical (unpaired) electrons. The number of amides is 3. The minimum atomic E-state index is -1.54. The number of benzene rings is 1. The average molecular weight is 1140 g/mol. The smallest absolute Gasteiger partial charge is 0.407 e. The summed E-state index contributed by atoms with van der Waals surface area (Å²) in [5.41, 5.74) is 4.11. The van der Waals surface area contributed by atoms with Crippen LogP contribution in [0.1, 0.15) is 86.1 Å². The number of pyridine rings is 2. The molecule has 25 heteroatoms. The van der Waals surface area contributed by atoms with Crippen LogP contribution < -0.4 is 16.0 Å². The molecular weight excluding hydrogens is 1060 g/mol. The number of ether oxygens (including phenoxy) is 9. The van der Waals surface area contributed by atoms with Crippen molar-refractivity contribution in [3.8, 4) is 11.4 Å². The predicted octanol–water partition coefficient (Wildman–Crippen LogP) is 2.70. The molecule has 0 unspecified atom stereocenters. The van der Waals surface area contributed by atoms with E-state index in [0.29, 0.717) is 140 Å². The Morgan fingerprint density at radius 3 is 1.94 bits per heavy atom. The summed E-state index contributed by atoms with van der Waals surface area (Å²) < 4.78 is 50.7. The number of carbonyl (C=O) groups is 4. The number of aryl methyl sites for hydroxylation is 2. The van der Waals surface area contributed by atoms with E-state index in [2.05, 4.69) is 36.2 Å². The number of aromatic nitrogens is 5. The van der Waals surface area contributed by atoms with Crippen LogP contribution in [0, 0.1) is 6.92 Å². The second-order valence-electron chi connectivity index (χ2n) is 20.0. The molecule has 0 aliphatic carbocycles. The van der Waals surface area contributed by atoms with Crippen molar-refractivity contribution in [1.82, 2.24) is 35.6 Å². The normalized spacial score (nSPS) is 17.6. The number of alkyl carbamates (subject to hydrolysis) is 1. The van der Waals surface area contributed by atoms with Gasteiger partial charge in [-0.2, -0.15) is 0 Å². The van der Waals surface area contributed by atoms with Gasteiger partial charge in [0.1, 0.15) is 36.1 Å². The third-order valence-corrected chi connectivity index (χ3v) is 12.3. The van der Waals surface area contributed by atoms with E-state index < -0.39 is 55.0 Å². The Hall–Kier alpha value is -5.94. The van der Waals surface area contributed by atoms with Gasteiger partial charge in [-0.15, -0.1) is 5.10 Å². The fraction of sp³-hybridized carbons (Fsp3) is 0.607. The number of hydrogen-bond donors (Lipinski definition) is 7. The molecule has 3 amide bonds. The van der Waals surface area contributed by atoms with E-state index in [9.17, 15) is 39.6 Å². The fourth-order valence-electron chi connectivity index (χ4n) is 7.93. The maximum Gasteiger partial charge on any atom is 0.407 e. The highest BCUT2D eigenvalue weighted by Crippen LogP contribution is 2.24. The van der Waals surface area contributed by atoms with Crippen molar-refractivity contribution < 1.29 is 82.2 Å². The Kier molecular flexibility index (Phi) is 29.7. The lowest BCUT2D eigenvalue weighted by molar-refractivity contribution is -0.300. The Bertz CT molecular complexity index is 2460. The van der Waals surface area contributed by atoms with Crippen molar-refractivity contribution in [2.75, 3.05) is 111 Å². The molecule has 5 rings (SSSR count). The Balaban J connectivity index is 0.959. The van der Waals surface area contributed by atoms with E-state index in [1.54, 1.807) is 75.8 Å². The third-order valence-electron chi connectivity index (χ3n) is 12.3. The summed E-state index contributed by atoms with van der Waals surface area (Å²) in [5, 5.41) is 57.0. The van der Waals surface area contributed by atoms with Crippen molar-refractivity contribution in [2.24, 2.45) is 0 Å². The van der Waals surface area contributed by atoms with Crippen LogP contribution in [0.25, 0.3) is 11.4 Å². The van der Waals surface area contributed by atoms with Gasteiger partial charge in [0, 0.05) is 62.2 Å². The van der Waals surface area contributed by atoms with Crippen molar-refractivity contribution in [3.05, 3.63) is 89.5 Å². The number of nitrogens with one attached hydrogen (secondary N) is 3. The van der Waals surface area contributed by atoms with Gasteiger partial charge in [0.15, 0.2) is 12.1 Å². The number of aliphatic hydroxyl groups excluding tert-OH is 4. The quantitative estimate of drug-likeness (QED) is 0.0249. The van der Waals surface area contributed by atoms with E-state index in [-0.39, 0.29) is 50.1 Å². The summed E-state index contributed by atoms with van der Waals surface area (Å²) in [6.07, 6.45) is 0.0745. The van der Waals surface area contributed by atoms with E-state index in [0.717, 1.165) is 11.1 Å². The first kappa shape index (κ1) is 65.9. The molecule has 4 heterocycles. The summed E-state index contributed by atoms with van der Waals surface area (Å²) >= 11 is 0. The Morgan fingerprint density at radius 2 is 1.31 bits per heavy atom. The van der Waals surface area contributed by atoms with Gasteiger partial charge in [0.2, 0.25) is 11.8 Å². The molecule has 25 nitrogen and oxygen atoms in total. The highest BCUT2D eigenvalue weighted by Gasteiger charge is 2.44. The summed E-state index contributed by atoms with van der Waals surface area (Å²) in [7, 11) is 0. The number of hydrogen-bond acceptors (Lipinski definition) is 21. The maximum atomic E-state index is 14.0. The van der Waals surface area contributed by atoms with Gasteiger partial charge in [-0.3, -0.25) is 24.4 Å². The number of ketones is 1. The van der Waals surface area contributed by atoms with Crippen LogP contribution in [-0.2, 0) is 65.1 Å². The number of aliphatic hydroxyl groups is 4. The number of nitrogens with zero attached hydrogens (tertiary/aromatic N) is 5. The Morgan fingerprint density at radius 1 is 0.691 bits per heavy atom. The van der Waals surface area contributed by atoms with Gasteiger partial charge < -0.3 is 79.0 Å². The molecule has 6 atom stereocenters. The van der Waals surface area contributed by atoms with E-state index in [1.165, 1.54) is 4.68 Å². The van der Waals surface area contributed by atoms with E-state index in [4.69, 9.17) is 42.6 Å². The molecule has 1 aromatic carbocycles. The van der Waals surface area contributed by atoms with Crippen LogP contribution in [0.15, 0.2) is 67.1 Å². The van der Waals surface area contributed by atoms with Crippen LogP contribution in [-0.4, -0.2) is 211 Å². The van der Waals surface area contributed by atoms with Crippen molar-refractivity contribution in [1.29, 1.82) is 0 Å². The minimum Gasteiger partial charge on any atom is -0.444 e. The van der Waals surface area contributed by atoms with Gasteiger partial charge in [-0.1, -0.05) is 17.3 Å². The zero-order chi connectivity index (χ0) is 58.2. The molecule has 3 aromatic heterocycles. The van der Waals surface area contributed by atoms with Crippen LogP contribution in [0.5, 0.6) is 0 Å². The van der Waals surface area contributed by atoms with Crippen molar-refractivity contribution in [2.45, 2.75) is 115 Å². The summed E-state index contributed by atoms with van der Waals surface area (Å²) in [4.78, 5) is 60.3. The van der Waals surface area contributed by atoms with Crippen LogP contribution in [0.3, 0.4) is 0 Å². The monoisotopic (exact) mass is 1140 g/mol. The number of unbranched alkanes of at least 4 members (excludes halogenated alkanes) is 1. The molecule has 4 aromatic rings. The van der Waals surface area contributed by atoms with E-state index in [1.807, 2.05) is 19.1 Å². The predicted molar refractivity (Wildman–Crippen MR) is 293 cm³/mol. The van der Waals surface area contributed by atoms with Gasteiger partial charge in [0.05, 0.1) is 110 Å². The number of Topliss-reactive ketones (excluding diaryl/α,β-unsaturated/α-hetero) is 1. The lowest BCUT2D eigenvalue weighted by Crippen LogP contribution is -2.59. The molecule has 1 aliphatic heterocycles. The fourth-order valence-corrected chi connectivity index (χ4v) is 7.93. The SMILES string of the molecule is Cc1ccnc(-c2cc(C(=O)CCc3cn([C@@H](CCCCNC(=O)CCOCCOCCOCCOCCOCCOCCNC(=O)OC(C)(C)C)C(=O)Nc4ccc(CCO[C@@H]5O[C@H](CO)[C@@H](O)[C@H](O)[C@H]5O)cc4)nn3)ccn2)c1. The summed E-state index contributed by atoms with van der Waals surface area (Å²) in [6, 6.07) is 13.5. The minimum absolute atomic E-state index is 0.0889. The second kappa shape index (κ2) is 36.5. The molecular formula is C56H82N8O17. The molecule has 0 spiro atoms. The van der Waals surface area contributed by atoms with Crippen LogP contribution in [0.4, 0.5) is 10.5 Å². The molecule has 7 N–H and O–H groups in total. The third kappa shape index (κ3) is 25.4. The largest absolute Gasteiger partial charge is 0.444 e. The lowest BCUT2D eigenvalue weighted by Gasteiger charge is -2.39. The van der Waals surface area contributed by atoms with Crippen LogP contribution >= 0.6 is 0 Å². The zero-order valence-corrected chi connectivity index (χ0v) is 46.9. The molecule has 1 fully saturated rings. The van der Waals surface area contributed by atoms with Crippen molar-refractivity contribution >= 4 is 29.4 Å². The van der Waals surface area contributed by atoms with Gasteiger partial charge >= 0.3 is 6.09 Å². The molecule has 0 saturated carbocycles. The molecule has 1 aliphatic rings. The lowest BCUT2D eigenvalue weighted by atomic mass is 9.99. The highest BCUT2D eigenvalue weighted by atomic mass is 16.7. The highest BCUT2D eigenvalue weighted by molar-refractivity contribution is 5.97. The first-order chi connectivity index (χ1) is 39.1. The van der Waals surface area contributed by atoms with Crippen molar-refractivity contribution in [3.63, 3.8) is 0 Å². The number of anilines is 1. The van der Waals surface area contributed by atoms with Gasteiger partial charge in [-0.25, -0.2) is 9.48 Å². The molecule has 0 bridgehead atoms. The second-order valence-corrected chi connectivity index (χ2v) is 20.0. The zero-order valence-electron chi connectivity index (χ0n) is 46.9. The topological polar surface area (TPSA) is 325 Å². The van der Waals surface area contributed by atoms with Crippen LogP contribution in [0.2, 0.25) is 0 Å². The average Bonchev–Trinajstić information content (AvgIpc) is 3.92. The Labute approximate surface area is 472 Å². The van der Waals surface area contributed by atoms with E-state index >= 15 is 0 Å². The first-order valence-electron chi connectivity index (χ1n) is 27.4. The molecule has 81 heavy (non-hydrogen) atoms. The number of carbonyl (C=O) groups excluding carboxylic acids is 4. The first-order valence-corrected chi connectivity index (χ1v) is 27.4. The molecule has 1 saturated heterocycles.